The monoisotopic (exact) mass is 426 g/mol. The van der Waals surface area contributed by atoms with Gasteiger partial charge in [-0.25, -0.2) is 5.43 Å². The number of hydrazone groups is 1. The first-order chi connectivity index (χ1) is 15.7. The lowest BCUT2D eigenvalue weighted by Gasteiger charge is -2.07. The smallest absolute Gasteiger partial charge is 0.289 e. The number of H-pyrrole nitrogens is 1. The number of amides is 1. The predicted molar refractivity (Wildman–Crippen MR) is 124 cm³/mol. The van der Waals surface area contributed by atoms with Gasteiger partial charge < -0.3 is 9.47 Å². The third kappa shape index (κ3) is 4.67. The van der Waals surface area contributed by atoms with Crippen LogP contribution in [0.4, 0.5) is 0 Å². The summed E-state index contributed by atoms with van der Waals surface area (Å²) in [6.45, 7) is 0. The van der Waals surface area contributed by atoms with Gasteiger partial charge in [0, 0.05) is 5.56 Å². The van der Waals surface area contributed by atoms with E-state index in [9.17, 15) is 4.79 Å². The summed E-state index contributed by atoms with van der Waals surface area (Å²) in [5, 5.41) is 11.0. The second-order valence-corrected chi connectivity index (χ2v) is 6.92. The van der Waals surface area contributed by atoms with E-state index in [4.69, 9.17) is 9.47 Å². The fourth-order valence-electron chi connectivity index (χ4n) is 3.21. The van der Waals surface area contributed by atoms with E-state index in [2.05, 4.69) is 32.9 Å². The van der Waals surface area contributed by atoms with Gasteiger partial charge in [0.1, 0.15) is 5.69 Å². The zero-order chi connectivity index (χ0) is 22.3. The second kappa shape index (κ2) is 9.61. The van der Waals surface area contributed by atoms with E-state index in [1.807, 2.05) is 48.5 Å². The number of rotatable bonds is 7. The fourth-order valence-corrected chi connectivity index (χ4v) is 3.21. The average Bonchev–Trinajstić information content (AvgIpc) is 3.35. The summed E-state index contributed by atoms with van der Waals surface area (Å²) in [6, 6.07) is 25.2. The molecule has 1 heterocycles. The van der Waals surface area contributed by atoms with E-state index in [1.165, 1.54) is 6.21 Å². The first-order valence-corrected chi connectivity index (χ1v) is 9.94. The first-order valence-electron chi connectivity index (χ1n) is 9.94. The molecule has 4 aromatic rings. The summed E-state index contributed by atoms with van der Waals surface area (Å²) in [4.78, 5) is 12.4. The normalized spacial score (nSPS) is 10.8. The molecule has 2 N–H and O–H groups in total. The second-order valence-electron chi connectivity index (χ2n) is 6.92. The van der Waals surface area contributed by atoms with Gasteiger partial charge in [-0.1, -0.05) is 54.6 Å². The fraction of sp³-hybridized carbons (Fsp3) is 0.0800. The van der Waals surface area contributed by atoms with Crippen LogP contribution in [0.3, 0.4) is 0 Å². The van der Waals surface area contributed by atoms with Crippen molar-refractivity contribution < 1.29 is 14.3 Å². The molecule has 0 saturated heterocycles. The van der Waals surface area contributed by atoms with Crippen molar-refractivity contribution in [1.29, 1.82) is 0 Å². The SMILES string of the molecule is COc1ccc(C=NNC(=O)c2cc(-c3ccc(-c4ccccc4)cc3)n[nH]2)cc1OC. The zero-order valence-electron chi connectivity index (χ0n) is 17.7. The molecule has 0 aliphatic rings. The highest BCUT2D eigenvalue weighted by molar-refractivity contribution is 5.94. The highest BCUT2D eigenvalue weighted by atomic mass is 16.5. The Balaban J connectivity index is 1.41. The van der Waals surface area contributed by atoms with Crippen LogP contribution in [0.15, 0.2) is 84.0 Å². The Morgan fingerprint density at radius 3 is 2.28 bits per heavy atom. The molecule has 0 atom stereocenters. The first kappa shape index (κ1) is 20.9. The minimum absolute atomic E-state index is 0.316. The molecule has 4 rings (SSSR count). The van der Waals surface area contributed by atoms with Crippen molar-refractivity contribution >= 4 is 12.1 Å². The summed E-state index contributed by atoms with van der Waals surface area (Å²) in [5.41, 5.74) is 7.42. The molecule has 0 bridgehead atoms. The number of carbonyl (C=O) groups is 1. The number of methoxy groups -OCH3 is 2. The number of carbonyl (C=O) groups excluding carboxylic acids is 1. The highest BCUT2D eigenvalue weighted by Gasteiger charge is 2.11. The zero-order valence-corrected chi connectivity index (χ0v) is 17.7. The number of hydrogen-bond acceptors (Lipinski definition) is 5. The maximum Gasteiger partial charge on any atom is 0.289 e. The average molecular weight is 426 g/mol. The van der Waals surface area contributed by atoms with Crippen molar-refractivity contribution in [2.75, 3.05) is 14.2 Å². The van der Waals surface area contributed by atoms with Crippen LogP contribution < -0.4 is 14.9 Å². The number of nitrogens with zero attached hydrogens (tertiary/aromatic N) is 2. The van der Waals surface area contributed by atoms with Crippen molar-refractivity contribution in [1.82, 2.24) is 15.6 Å². The maximum atomic E-state index is 12.4. The number of ether oxygens (including phenoxy) is 2. The summed E-state index contributed by atoms with van der Waals surface area (Å²) in [7, 11) is 3.13. The van der Waals surface area contributed by atoms with E-state index in [0.29, 0.717) is 22.9 Å². The van der Waals surface area contributed by atoms with E-state index >= 15 is 0 Å². The number of hydrogen-bond donors (Lipinski definition) is 2. The van der Waals surface area contributed by atoms with E-state index in [0.717, 1.165) is 22.3 Å². The number of benzene rings is 3. The van der Waals surface area contributed by atoms with Crippen molar-refractivity contribution in [2.24, 2.45) is 5.10 Å². The van der Waals surface area contributed by atoms with Gasteiger partial charge in [-0.3, -0.25) is 9.89 Å². The molecule has 7 nitrogen and oxygen atoms in total. The third-order valence-electron chi connectivity index (χ3n) is 4.90. The van der Waals surface area contributed by atoms with Crippen LogP contribution in [0.1, 0.15) is 16.1 Å². The molecule has 0 radical (unpaired) electrons. The molecule has 160 valence electrons. The van der Waals surface area contributed by atoms with Gasteiger partial charge in [0.25, 0.3) is 5.91 Å². The van der Waals surface area contributed by atoms with Gasteiger partial charge in [-0.05, 0) is 41.0 Å². The van der Waals surface area contributed by atoms with Crippen LogP contribution in [0.5, 0.6) is 11.5 Å². The van der Waals surface area contributed by atoms with Crippen LogP contribution in [-0.2, 0) is 0 Å². The quantitative estimate of drug-likeness (QED) is 0.336. The standard InChI is InChI=1S/C25H22N4O3/c1-31-23-13-8-17(14-24(23)32-2)16-26-29-25(30)22-15-21(27-28-22)20-11-9-19(10-12-20)18-6-4-3-5-7-18/h3-16H,1-2H3,(H,27,28)(H,29,30). The summed E-state index contributed by atoms with van der Waals surface area (Å²) in [5.74, 6) is 0.816. The van der Waals surface area contributed by atoms with Gasteiger partial charge in [-0.2, -0.15) is 10.2 Å². The van der Waals surface area contributed by atoms with Gasteiger partial charge in [0.2, 0.25) is 0 Å². The van der Waals surface area contributed by atoms with Crippen molar-refractivity contribution in [3.8, 4) is 33.9 Å². The Bertz CT molecular complexity index is 1230. The van der Waals surface area contributed by atoms with Crippen molar-refractivity contribution in [3.63, 3.8) is 0 Å². The topological polar surface area (TPSA) is 88.6 Å². The van der Waals surface area contributed by atoms with Crippen LogP contribution >= 0.6 is 0 Å². The van der Waals surface area contributed by atoms with E-state index in [1.54, 1.807) is 32.4 Å². The predicted octanol–water partition coefficient (Wildman–Crippen LogP) is 4.52. The summed E-state index contributed by atoms with van der Waals surface area (Å²) >= 11 is 0. The molecule has 0 spiro atoms. The molecule has 3 aromatic carbocycles. The molecule has 0 aliphatic carbocycles. The lowest BCUT2D eigenvalue weighted by molar-refractivity contribution is 0.0950. The largest absolute Gasteiger partial charge is 0.493 e. The van der Waals surface area contributed by atoms with Crippen LogP contribution in [0.2, 0.25) is 0 Å². The molecule has 7 heteroatoms. The van der Waals surface area contributed by atoms with E-state index in [-0.39, 0.29) is 5.91 Å². The van der Waals surface area contributed by atoms with Gasteiger partial charge >= 0.3 is 0 Å². The van der Waals surface area contributed by atoms with Crippen LogP contribution in [0, 0.1) is 0 Å². The molecular formula is C25H22N4O3. The minimum Gasteiger partial charge on any atom is -0.493 e. The van der Waals surface area contributed by atoms with E-state index < -0.39 is 0 Å². The molecule has 1 amide bonds. The molecule has 0 fully saturated rings. The Labute approximate surface area is 185 Å². The lowest BCUT2D eigenvalue weighted by atomic mass is 10.0. The number of nitrogens with one attached hydrogen (secondary N) is 2. The van der Waals surface area contributed by atoms with Crippen molar-refractivity contribution in [2.45, 2.75) is 0 Å². The summed E-state index contributed by atoms with van der Waals surface area (Å²) in [6.07, 6.45) is 1.53. The number of aromatic amines is 1. The molecule has 32 heavy (non-hydrogen) atoms. The molecule has 0 aliphatic heterocycles. The maximum absolute atomic E-state index is 12.4. The summed E-state index contributed by atoms with van der Waals surface area (Å²) < 4.78 is 10.5. The Morgan fingerprint density at radius 2 is 1.56 bits per heavy atom. The van der Waals surface area contributed by atoms with Gasteiger partial charge in [0.15, 0.2) is 11.5 Å². The third-order valence-corrected chi connectivity index (χ3v) is 4.90. The van der Waals surface area contributed by atoms with Gasteiger partial charge in [0.05, 0.1) is 26.1 Å². The molecule has 1 aromatic heterocycles. The molecule has 0 saturated carbocycles. The molecule has 0 unspecified atom stereocenters. The van der Waals surface area contributed by atoms with Crippen LogP contribution in [-0.4, -0.2) is 36.5 Å². The van der Waals surface area contributed by atoms with Crippen LogP contribution in [0.25, 0.3) is 22.4 Å². The Kier molecular flexibility index (Phi) is 6.27. The Morgan fingerprint density at radius 1 is 0.875 bits per heavy atom. The Hall–Kier alpha value is -4.39. The number of aromatic nitrogens is 2. The lowest BCUT2D eigenvalue weighted by Crippen LogP contribution is -2.18. The highest BCUT2D eigenvalue weighted by Crippen LogP contribution is 2.27. The van der Waals surface area contributed by atoms with Crippen molar-refractivity contribution in [3.05, 3.63) is 90.1 Å². The molecular weight excluding hydrogens is 404 g/mol. The minimum atomic E-state index is -0.388. The van der Waals surface area contributed by atoms with Gasteiger partial charge in [-0.15, -0.1) is 0 Å².